The summed E-state index contributed by atoms with van der Waals surface area (Å²) in [5.41, 5.74) is 8.49. The third-order valence-corrected chi connectivity index (χ3v) is 12.4. The van der Waals surface area contributed by atoms with Crippen molar-refractivity contribution in [3.8, 4) is 0 Å². The van der Waals surface area contributed by atoms with E-state index in [1.54, 1.807) is 11.6 Å². The van der Waals surface area contributed by atoms with Crippen LogP contribution in [0.5, 0.6) is 0 Å². The van der Waals surface area contributed by atoms with Gasteiger partial charge in [0.15, 0.2) is 16.9 Å². The lowest BCUT2D eigenvalue weighted by atomic mass is 10.00. The van der Waals surface area contributed by atoms with E-state index in [1.807, 2.05) is 66.9 Å². The molecule has 1 saturated heterocycles. The second-order valence-corrected chi connectivity index (χ2v) is 15.6. The second kappa shape index (κ2) is 14.7. The number of ether oxygens (including phenoxy) is 1. The lowest BCUT2D eigenvalue weighted by Crippen LogP contribution is -2.71. The molecule has 0 radical (unpaired) electrons. The summed E-state index contributed by atoms with van der Waals surface area (Å²) in [5.74, 6) is -1.28. The third kappa shape index (κ3) is 6.98. The van der Waals surface area contributed by atoms with Gasteiger partial charge in [-0.3, -0.25) is 14.5 Å². The zero-order valence-corrected chi connectivity index (χ0v) is 29.6. The van der Waals surface area contributed by atoms with E-state index < -0.39 is 35.3 Å². The predicted molar refractivity (Wildman–Crippen MR) is 193 cm³/mol. The molecule has 3 aliphatic rings. The Morgan fingerprint density at radius 1 is 1.08 bits per heavy atom. The van der Waals surface area contributed by atoms with Gasteiger partial charge in [0, 0.05) is 22.9 Å². The minimum atomic E-state index is -0.920. The highest BCUT2D eigenvalue weighted by atomic mass is 32.2. The van der Waals surface area contributed by atoms with Crippen LogP contribution in [0.25, 0.3) is 5.57 Å². The SMILES string of the molecule is CSc1ncc(C2=C(C(=O)OC(c3ccccc3)c3ccccc3)N3C(=O)[C@@H](NC(=O)/C(=N\OC4CCCC4)c4csc(N)n4)[C@H]3SC2)s1. The minimum absolute atomic E-state index is 0.0504. The van der Waals surface area contributed by atoms with Crippen molar-refractivity contribution < 1.29 is 24.0 Å². The van der Waals surface area contributed by atoms with Crippen LogP contribution >= 0.6 is 46.2 Å². The first-order valence-corrected chi connectivity index (χ1v) is 19.6. The fourth-order valence-corrected chi connectivity index (χ4v) is 9.42. The van der Waals surface area contributed by atoms with Gasteiger partial charge in [-0.05, 0) is 43.1 Å². The number of benzene rings is 2. The Morgan fingerprint density at radius 2 is 1.78 bits per heavy atom. The number of carbonyl (C=O) groups excluding carboxylic acids is 3. The normalized spacial score (nSPS) is 19.5. The summed E-state index contributed by atoms with van der Waals surface area (Å²) in [5, 5.41) is 8.40. The van der Waals surface area contributed by atoms with Crippen LogP contribution in [0.15, 0.2) is 87.4 Å². The number of β-lactam (4-membered cyclic amide) rings is 1. The fourth-order valence-electron chi connectivity index (χ4n) is 5.97. The number of esters is 1. The largest absolute Gasteiger partial charge is 0.448 e. The monoisotopic (exact) mass is 732 g/mol. The molecule has 0 unspecified atom stereocenters. The number of hydrogen-bond donors (Lipinski definition) is 2. The number of rotatable bonds is 11. The Bertz CT molecular complexity index is 1870. The van der Waals surface area contributed by atoms with E-state index in [0.29, 0.717) is 11.3 Å². The van der Waals surface area contributed by atoms with E-state index in [4.69, 9.17) is 15.3 Å². The first-order valence-electron chi connectivity index (χ1n) is 15.7. The molecule has 2 aromatic heterocycles. The van der Waals surface area contributed by atoms with Crippen LogP contribution in [-0.4, -0.2) is 67.9 Å². The quantitative estimate of drug-likeness (QED) is 0.0646. The molecule has 0 spiro atoms. The number of hydrogen-bond acceptors (Lipinski definition) is 13. The van der Waals surface area contributed by atoms with Crippen molar-refractivity contribution in [1.29, 1.82) is 0 Å². The molecule has 2 aliphatic heterocycles. The first kappa shape index (κ1) is 33.3. The Balaban J connectivity index is 1.18. The molecule has 49 heavy (non-hydrogen) atoms. The number of nitrogens with one attached hydrogen (secondary N) is 1. The number of thioether (sulfide) groups is 2. The van der Waals surface area contributed by atoms with E-state index in [0.717, 1.165) is 46.0 Å². The molecule has 4 aromatic rings. The molecule has 2 aromatic carbocycles. The van der Waals surface area contributed by atoms with Crippen molar-refractivity contribution in [1.82, 2.24) is 20.2 Å². The predicted octanol–water partition coefficient (Wildman–Crippen LogP) is 5.71. The van der Waals surface area contributed by atoms with Crippen molar-refractivity contribution in [2.45, 2.75) is 53.6 Å². The molecular weight excluding hydrogens is 701 g/mol. The number of carbonyl (C=O) groups is 3. The zero-order valence-electron chi connectivity index (χ0n) is 26.3. The van der Waals surface area contributed by atoms with Gasteiger partial charge >= 0.3 is 5.97 Å². The summed E-state index contributed by atoms with van der Waals surface area (Å²) in [7, 11) is 0. The number of fused-ring (bicyclic) bond motifs is 1. The van der Waals surface area contributed by atoms with Gasteiger partial charge in [0.25, 0.3) is 11.8 Å². The molecule has 2 atom stereocenters. The first-order chi connectivity index (χ1) is 23.9. The Kier molecular flexibility index (Phi) is 10.0. The Hall–Kier alpha value is -4.18. The average molecular weight is 733 g/mol. The molecule has 2 fully saturated rings. The number of nitrogens with zero attached hydrogens (tertiary/aromatic N) is 4. The van der Waals surface area contributed by atoms with Gasteiger partial charge in [0.1, 0.15) is 33.3 Å². The van der Waals surface area contributed by atoms with Crippen molar-refractivity contribution in [3.05, 3.63) is 99.6 Å². The van der Waals surface area contributed by atoms with Gasteiger partial charge in [-0.2, -0.15) is 0 Å². The van der Waals surface area contributed by atoms with E-state index >= 15 is 0 Å². The third-order valence-electron chi connectivity index (χ3n) is 8.41. The molecule has 4 heterocycles. The zero-order chi connectivity index (χ0) is 33.9. The molecule has 11 nitrogen and oxygen atoms in total. The Morgan fingerprint density at radius 3 is 2.39 bits per heavy atom. The molecular formula is C34H32N6O5S4. The topological polar surface area (TPSA) is 149 Å². The average Bonchev–Trinajstić information content (AvgIpc) is 3.93. The maximum absolute atomic E-state index is 14.3. The highest BCUT2D eigenvalue weighted by molar-refractivity contribution is 8.00. The van der Waals surface area contributed by atoms with Crippen LogP contribution in [-0.2, 0) is 24.0 Å². The number of amides is 2. The van der Waals surface area contributed by atoms with E-state index in [1.165, 1.54) is 51.1 Å². The summed E-state index contributed by atoms with van der Waals surface area (Å²) >= 11 is 5.59. The maximum Gasteiger partial charge on any atom is 0.356 e. The fraction of sp³-hybridized carbons (Fsp3) is 0.294. The Labute approximate surface area is 299 Å². The van der Waals surface area contributed by atoms with Gasteiger partial charge < -0.3 is 20.6 Å². The molecule has 0 bridgehead atoms. The molecule has 1 aliphatic carbocycles. The molecule has 7 rings (SSSR count). The standard InChI is InChI=1S/C34H32N6O5S4/c1-46-34-36-16-24(49-34)22-17-47-31-26(38-29(41)25(23-18-48-33(35)37-23)39-45-21-14-8-9-15-21)30(42)40(31)27(22)32(43)44-28(19-10-4-2-5-11-19)20-12-6-3-7-13-20/h2-7,10-13,16,18,21,26,28,31H,8-9,14-15,17H2,1H3,(H2,35,37)(H,38,41)/b39-25-/t26-,31-/m1/s1. The van der Waals surface area contributed by atoms with Crippen LogP contribution < -0.4 is 11.1 Å². The number of nitrogen functional groups attached to an aromatic ring is 1. The summed E-state index contributed by atoms with van der Waals surface area (Å²) < 4.78 is 7.12. The van der Waals surface area contributed by atoms with Crippen LogP contribution in [0.1, 0.15) is 53.5 Å². The summed E-state index contributed by atoms with van der Waals surface area (Å²) in [4.78, 5) is 58.7. The van der Waals surface area contributed by atoms with Gasteiger partial charge in [0.2, 0.25) is 0 Å². The van der Waals surface area contributed by atoms with Gasteiger partial charge in [-0.15, -0.1) is 34.4 Å². The summed E-state index contributed by atoms with van der Waals surface area (Å²) in [6.45, 7) is 0. The molecule has 1 saturated carbocycles. The number of nitrogens with two attached hydrogens (primary N) is 1. The van der Waals surface area contributed by atoms with Crippen molar-refractivity contribution in [2.24, 2.45) is 5.16 Å². The lowest BCUT2D eigenvalue weighted by Gasteiger charge is -2.49. The second-order valence-electron chi connectivity index (χ2n) is 11.5. The lowest BCUT2D eigenvalue weighted by molar-refractivity contribution is -0.154. The number of oxime groups is 1. The molecule has 15 heteroatoms. The highest BCUT2D eigenvalue weighted by Gasteiger charge is 2.55. The number of thiazole rings is 2. The van der Waals surface area contributed by atoms with Crippen LogP contribution in [0.4, 0.5) is 5.13 Å². The number of aromatic nitrogens is 2. The van der Waals surface area contributed by atoms with Crippen molar-refractivity contribution in [3.63, 3.8) is 0 Å². The molecule has 3 N–H and O–H groups in total. The van der Waals surface area contributed by atoms with Gasteiger partial charge in [-0.25, -0.2) is 14.8 Å². The van der Waals surface area contributed by atoms with Crippen LogP contribution in [0, 0.1) is 0 Å². The smallest absolute Gasteiger partial charge is 0.356 e. The number of anilines is 1. The molecule has 252 valence electrons. The van der Waals surface area contributed by atoms with E-state index in [9.17, 15) is 14.4 Å². The van der Waals surface area contributed by atoms with Crippen molar-refractivity contribution >= 4 is 80.4 Å². The summed E-state index contributed by atoms with van der Waals surface area (Å²) in [6, 6.07) is 18.0. The maximum atomic E-state index is 14.3. The molecule has 2 amide bonds. The summed E-state index contributed by atoms with van der Waals surface area (Å²) in [6.07, 6.45) is 6.65. The van der Waals surface area contributed by atoms with Crippen molar-refractivity contribution in [2.75, 3.05) is 17.7 Å². The van der Waals surface area contributed by atoms with Crippen LogP contribution in [0.2, 0.25) is 0 Å². The minimum Gasteiger partial charge on any atom is -0.448 e. The van der Waals surface area contributed by atoms with Crippen LogP contribution in [0.3, 0.4) is 0 Å². The van der Waals surface area contributed by atoms with Gasteiger partial charge in [0.05, 0.1) is 4.88 Å². The van der Waals surface area contributed by atoms with E-state index in [2.05, 4.69) is 20.4 Å². The van der Waals surface area contributed by atoms with Gasteiger partial charge in [-0.1, -0.05) is 77.6 Å². The van der Waals surface area contributed by atoms with E-state index in [-0.39, 0.29) is 28.3 Å². The highest BCUT2D eigenvalue weighted by Crippen LogP contribution is 2.45.